The average molecular weight is 430 g/mol. The van der Waals surface area contributed by atoms with Crippen LogP contribution in [0.25, 0.3) is 16.6 Å². The summed E-state index contributed by atoms with van der Waals surface area (Å²) in [4.78, 5) is 27.9. The van der Waals surface area contributed by atoms with Crippen molar-refractivity contribution in [3.8, 4) is 5.75 Å². The van der Waals surface area contributed by atoms with Crippen molar-refractivity contribution < 1.29 is 22.7 Å². The van der Waals surface area contributed by atoms with Gasteiger partial charge in [0, 0.05) is 0 Å². The molecule has 0 fully saturated rings. The molecular weight excluding hydrogens is 413 g/mol. The Labute approximate surface area is 173 Å². The smallest absolute Gasteiger partial charge is 0.416 e. The SMILES string of the molecule is CCCOc1ccc(C(F)(F)F)cc1NC(=O)c1cnn2c1[nH]c(=O)c1ccccc12. The zero-order valence-electron chi connectivity index (χ0n) is 16.3. The Bertz CT molecular complexity index is 1340. The van der Waals surface area contributed by atoms with Crippen molar-refractivity contribution in [2.45, 2.75) is 19.5 Å². The van der Waals surface area contributed by atoms with E-state index in [1.54, 1.807) is 24.3 Å². The number of rotatable bonds is 5. The predicted molar refractivity (Wildman–Crippen MR) is 109 cm³/mol. The maximum Gasteiger partial charge on any atom is 0.416 e. The Hall–Kier alpha value is -3.82. The molecule has 2 aromatic heterocycles. The molecule has 31 heavy (non-hydrogen) atoms. The van der Waals surface area contributed by atoms with Gasteiger partial charge in [-0.2, -0.15) is 18.3 Å². The molecule has 0 aliphatic carbocycles. The van der Waals surface area contributed by atoms with Crippen LogP contribution in [0.2, 0.25) is 0 Å². The van der Waals surface area contributed by atoms with Crippen LogP contribution in [0, 0.1) is 0 Å². The number of aromatic nitrogens is 3. The third kappa shape index (κ3) is 3.83. The van der Waals surface area contributed by atoms with Crippen molar-refractivity contribution in [2.24, 2.45) is 0 Å². The average Bonchev–Trinajstić information content (AvgIpc) is 3.16. The molecule has 0 bridgehead atoms. The molecule has 0 atom stereocenters. The number of fused-ring (bicyclic) bond motifs is 3. The number of halogens is 3. The fourth-order valence-corrected chi connectivity index (χ4v) is 3.17. The summed E-state index contributed by atoms with van der Waals surface area (Å²) in [7, 11) is 0. The van der Waals surface area contributed by atoms with Crippen LogP contribution in [0.4, 0.5) is 18.9 Å². The highest BCUT2D eigenvalue weighted by Crippen LogP contribution is 2.35. The number of nitrogens with one attached hydrogen (secondary N) is 2. The Morgan fingerprint density at radius 1 is 1.23 bits per heavy atom. The van der Waals surface area contributed by atoms with Crippen LogP contribution in [0.5, 0.6) is 5.75 Å². The first-order valence-electron chi connectivity index (χ1n) is 9.43. The standard InChI is InChI=1S/C21H17F3N4O3/c1-2-9-31-17-8-7-12(21(22,23)24)10-15(17)26-20(30)14-11-25-28-16-6-4-3-5-13(16)19(29)27-18(14)28/h3-8,10-11H,2,9H2,1H3,(H,26,30)(H,27,29). The number of H-pyrrole nitrogens is 1. The second-order valence-corrected chi connectivity index (χ2v) is 6.80. The molecule has 4 rings (SSSR count). The van der Waals surface area contributed by atoms with Gasteiger partial charge in [-0.3, -0.25) is 9.59 Å². The first kappa shape index (κ1) is 20.5. The normalized spacial score (nSPS) is 11.7. The summed E-state index contributed by atoms with van der Waals surface area (Å²) in [6.07, 6.45) is -2.71. The minimum absolute atomic E-state index is 0.00158. The Kier molecular flexibility index (Phi) is 5.14. The highest BCUT2D eigenvalue weighted by Gasteiger charge is 2.31. The lowest BCUT2D eigenvalue weighted by Crippen LogP contribution is -2.16. The maximum absolute atomic E-state index is 13.2. The highest BCUT2D eigenvalue weighted by molar-refractivity contribution is 6.09. The Balaban J connectivity index is 1.76. The third-order valence-corrected chi connectivity index (χ3v) is 4.64. The van der Waals surface area contributed by atoms with E-state index in [0.29, 0.717) is 17.3 Å². The largest absolute Gasteiger partial charge is 0.491 e. The number of hydrogen-bond donors (Lipinski definition) is 2. The van der Waals surface area contributed by atoms with Crippen LogP contribution in [-0.4, -0.2) is 27.1 Å². The van der Waals surface area contributed by atoms with Gasteiger partial charge >= 0.3 is 6.18 Å². The minimum atomic E-state index is -4.59. The minimum Gasteiger partial charge on any atom is -0.491 e. The van der Waals surface area contributed by atoms with Gasteiger partial charge in [0.05, 0.1) is 35.0 Å². The fraction of sp³-hybridized carbons (Fsp3) is 0.190. The maximum atomic E-state index is 13.2. The summed E-state index contributed by atoms with van der Waals surface area (Å²) in [6.45, 7) is 2.12. The van der Waals surface area contributed by atoms with Gasteiger partial charge in [0.2, 0.25) is 0 Å². The Morgan fingerprint density at radius 2 is 2.00 bits per heavy atom. The van der Waals surface area contributed by atoms with E-state index >= 15 is 0 Å². The number of aromatic amines is 1. The lowest BCUT2D eigenvalue weighted by Gasteiger charge is -2.15. The van der Waals surface area contributed by atoms with Crippen LogP contribution in [0.15, 0.2) is 53.5 Å². The Morgan fingerprint density at radius 3 is 2.74 bits per heavy atom. The van der Waals surface area contributed by atoms with Gasteiger partial charge in [0.25, 0.3) is 11.5 Å². The van der Waals surface area contributed by atoms with Gasteiger partial charge in [-0.25, -0.2) is 4.52 Å². The topological polar surface area (TPSA) is 88.5 Å². The molecule has 2 aromatic carbocycles. The molecule has 7 nitrogen and oxygen atoms in total. The quantitative estimate of drug-likeness (QED) is 0.496. The summed E-state index contributed by atoms with van der Waals surface area (Å²) >= 11 is 0. The zero-order valence-corrected chi connectivity index (χ0v) is 16.3. The molecular formula is C21H17F3N4O3. The number of para-hydroxylation sites is 1. The van der Waals surface area contributed by atoms with Crippen molar-refractivity contribution >= 4 is 28.1 Å². The molecule has 10 heteroatoms. The monoisotopic (exact) mass is 430 g/mol. The van der Waals surface area contributed by atoms with Gasteiger partial charge in [-0.05, 0) is 36.8 Å². The molecule has 0 radical (unpaired) electrons. The number of carbonyl (C=O) groups is 1. The van der Waals surface area contributed by atoms with Gasteiger partial charge in [-0.1, -0.05) is 19.1 Å². The van der Waals surface area contributed by atoms with E-state index in [4.69, 9.17) is 4.74 Å². The lowest BCUT2D eigenvalue weighted by molar-refractivity contribution is -0.137. The summed E-state index contributed by atoms with van der Waals surface area (Å²) < 4.78 is 46.3. The first-order valence-corrected chi connectivity index (χ1v) is 9.43. The van der Waals surface area contributed by atoms with E-state index in [1.165, 1.54) is 16.8 Å². The number of benzene rings is 2. The molecule has 2 N–H and O–H groups in total. The molecule has 1 amide bonds. The third-order valence-electron chi connectivity index (χ3n) is 4.64. The van der Waals surface area contributed by atoms with Gasteiger partial charge in [0.1, 0.15) is 17.0 Å². The van der Waals surface area contributed by atoms with Gasteiger partial charge in [0.15, 0.2) is 0 Å². The first-order chi connectivity index (χ1) is 14.8. The number of carbonyl (C=O) groups excluding carboxylic acids is 1. The second kappa shape index (κ2) is 7.78. The molecule has 160 valence electrons. The van der Waals surface area contributed by atoms with Crippen LogP contribution >= 0.6 is 0 Å². The van der Waals surface area contributed by atoms with Gasteiger partial charge < -0.3 is 15.0 Å². The van der Waals surface area contributed by atoms with Crippen molar-refractivity contribution in [3.63, 3.8) is 0 Å². The van der Waals surface area contributed by atoms with Crippen LogP contribution in [0.3, 0.4) is 0 Å². The van der Waals surface area contributed by atoms with Crippen LogP contribution in [0.1, 0.15) is 29.3 Å². The van der Waals surface area contributed by atoms with E-state index in [-0.39, 0.29) is 29.3 Å². The van der Waals surface area contributed by atoms with Crippen molar-refractivity contribution in [1.29, 1.82) is 0 Å². The number of ether oxygens (including phenoxy) is 1. The van der Waals surface area contributed by atoms with E-state index < -0.39 is 23.2 Å². The molecule has 0 saturated carbocycles. The highest BCUT2D eigenvalue weighted by atomic mass is 19.4. The van der Waals surface area contributed by atoms with E-state index in [1.807, 2.05) is 6.92 Å². The second-order valence-electron chi connectivity index (χ2n) is 6.80. The molecule has 0 saturated heterocycles. The number of amides is 1. The summed E-state index contributed by atoms with van der Waals surface area (Å²) in [5, 5.41) is 7.00. The fourth-order valence-electron chi connectivity index (χ4n) is 3.17. The molecule has 0 aliphatic heterocycles. The predicted octanol–water partition coefficient (Wildman–Crippen LogP) is 4.24. The van der Waals surface area contributed by atoms with E-state index in [0.717, 1.165) is 12.1 Å². The summed E-state index contributed by atoms with van der Waals surface area (Å²) in [6, 6.07) is 9.59. The molecule has 4 aromatic rings. The van der Waals surface area contributed by atoms with Crippen LogP contribution < -0.4 is 15.6 Å². The number of nitrogens with zero attached hydrogens (tertiary/aromatic N) is 2. The van der Waals surface area contributed by atoms with Crippen molar-refractivity contribution in [2.75, 3.05) is 11.9 Å². The molecule has 0 aliphatic rings. The number of alkyl halides is 3. The van der Waals surface area contributed by atoms with E-state index in [2.05, 4.69) is 15.4 Å². The molecule has 0 spiro atoms. The zero-order chi connectivity index (χ0) is 22.2. The van der Waals surface area contributed by atoms with E-state index in [9.17, 15) is 22.8 Å². The number of anilines is 1. The van der Waals surface area contributed by atoms with Crippen molar-refractivity contribution in [3.05, 3.63) is 70.1 Å². The lowest BCUT2D eigenvalue weighted by atomic mass is 10.1. The van der Waals surface area contributed by atoms with Crippen LogP contribution in [-0.2, 0) is 6.18 Å². The van der Waals surface area contributed by atoms with Crippen molar-refractivity contribution in [1.82, 2.24) is 14.6 Å². The van der Waals surface area contributed by atoms with Gasteiger partial charge in [-0.15, -0.1) is 0 Å². The molecule has 0 unspecified atom stereocenters. The summed E-state index contributed by atoms with van der Waals surface area (Å²) in [5.74, 6) is -0.625. The summed E-state index contributed by atoms with van der Waals surface area (Å²) in [5.41, 5.74) is -0.845. The molecule has 2 heterocycles. The number of hydrogen-bond acceptors (Lipinski definition) is 4.